The molecule has 0 spiro atoms. The molecule has 1 N–H and O–H groups in total. The van der Waals surface area contributed by atoms with E-state index in [9.17, 15) is 9.18 Å². The number of benzene rings is 2. The molecule has 0 radical (unpaired) electrons. The van der Waals surface area contributed by atoms with Gasteiger partial charge in [0.25, 0.3) is 5.91 Å². The molecule has 0 bridgehead atoms. The van der Waals surface area contributed by atoms with Crippen molar-refractivity contribution in [2.24, 2.45) is 11.8 Å². The lowest BCUT2D eigenvalue weighted by molar-refractivity contribution is 0.0457. The van der Waals surface area contributed by atoms with Crippen molar-refractivity contribution in [2.75, 3.05) is 13.7 Å². The van der Waals surface area contributed by atoms with Crippen molar-refractivity contribution in [3.05, 3.63) is 65.1 Å². The molecule has 4 rings (SSSR count). The van der Waals surface area contributed by atoms with Crippen molar-refractivity contribution in [1.29, 1.82) is 0 Å². The molecule has 3 atom stereocenters. The molecule has 158 valence electrons. The van der Waals surface area contributed by atoms with Crippen molar-refractivity contribution in [3.8, 4) is 5.75 Å². The number of nitrogens with one attached hydrogen (secondary N) is 1. The van der Waals surface area contributed by atoms with Crippen molar-refractivity contribution in [2.45, 2.75) is 39.7 Å². The van der Waals surface area contributed by atoms with E-state index < -0.39 is 0 Å². The van der Waals surface area contributed by atoms with Crippen LogP contribution in [0.25, 0.3) is 10.9 Å². The normalized spacial score (nSPS) is 21.8. The number of aromatic nitrogens is 1. The number of amides is 1. The molecule has 5 heteroatoms. The first-order valence-corrected chi connectivity index (χ1v) is 10.6. The van der Waals surface area contributed by atoms with E-state index in [1.807, 2.05) is 42.2 Å². The summed E-state index contributed by atoms with van der Waals surface area (Å²) >= 11 is 0. The van der Waals surface area contributed by atoms with Crippen LogP contribution in [-0.2, 0) is 6.42 Å². The summed E-state index contributed by atoms with van der Waals surface area (Å²) in [5, 5.41) is 1.02. The molecule has 1 unspecified atom stereocenters. The Kier molecular flexibility index (Phi) is 5.54. The van der Waals surface area contributed by atoms with Gasteiger partial charge in [-0.1, -0.05) is 19.1 Å². The molecule has 2 heterocycles. The van der Waals surface area contributed by atoms with Gasteiger partial charge < -0.3 is 14.6 Å². The fraction of sp³-hybridized carbons (Fsp3) is 0.400. The molecule has 1 saturated heterocycles. The summed E-state index contributed by atoms with van der Waals surface area (Å²) in [6.45, 7) is 7.03. The smallest absolute Gasteiger partial charge is 0.257 e. The van der Waals surface area contributed by atoms with Gasteiger partial charge in [0.2, 0.25) is 0 Å². The maximum absolute atomic E-state index is 13.5. The van der Waals surface area contributed by atoms with Crippen LogP contribution in [0.4, 0.5) is 4.39 Å². The van der Waals surface area contributed by atoms with Crippen LogP contribution in [0.15, 0.2) is 42.5 Å². The predicted molar refractivity (Wildman–Crippen MR) is 117 cm³/mol. The Morgan fingerprint density at radius 2 is 1.93 bits per heavy atom. The van der Waals surface area contributed by atoms with Gasteiger partial charge in [0.1, 0.15) is 11.6 Å². The summed E-state index contributed by atoms with van der Waals surface area (Å²) in [6.07, 6.45) is 1.84. The number of nitrogens with zero attached hydrogens (tertiary/aromatic N) is 1. The highest BCUT2D eigenvalue weighted by molar-refractivity contribution is 6.01. The van der Waals surface area contributed by atoms with Gasteiger partial charge in [-0.2, -0.15) is 0 Å². The molecule has 2 aromatic carbocycles. The maximum Gasteiger partial charge on any atom is 0.257 e. The number of likely N-dealkylation sites (tertiary alicyclic amines) is 1. The molecule has 0 aliphatic carbocycles. The minimum Gasteiger partial charge on any atom is -0.496 e. The van der Waals surface area contributed by atoms with E-state index in [0.717, 1.165) is 35.0 Å². The van der Waals surface area contributed by atoms with Gasteiger partial charge in [0.05, 0.1) is 12.7 Å². The molecule has 30 heavy (non-hydrogen) atoms. The number of aryl methyl sites for hydroxylation is 1. The third kappa shape index (κ3) is 3.93. The first-order chi connectivity index (χ1) is 14.4. The van der Waals surface area contributed by atoms with Gasteiger partial charge in [0.15, 0.2) is 0 Å². The molecule has 1 fully saturated rings. The van der Waals surface area contributed by atoms with Crippen LogP contribution in [0.1, 0.15) is 41.9 Å². The van der Waals surface area contributed by atoms with Gasteiger partial charge in [-0.15, -0.1) is 0 Å². The van der Waals surface area contributed by atoms with Crippen LogP contribution in [-0.4, -0.2) is 35.5 Å². The maximum atomic E-state index is 13.5. The molecular weight excluding hydrogens is 379 g/mol. The standard InChI is InChI=1S/C25H29FN2O2/c1-15-14-28(17(3)10-19(15)11-18-5-7-21(26)8-6-18)25(29)22-12-20-9-16(2)27-23(20)13-24(22)30-4/h5-9,12-13,15,17,19,27H,10-11,14H2,1-4H3/t15-,17+,19?/m0/s1. The number of halogens is 1. The van der Waals surface area contributed by atoms with Crippen LogP contribution >= 0.6 is 0 Å². The lowest BCUT2D eigenvalue weighted by atomic mass is 9.79. The number of carbonyl (C=O) groups is 1. The van der Waals surface area contributed by atoms with Crippen molar-refractivity contribution >= 4 is 16.8 Å². The van der Waals surface area contributed by atoms with Gasteiger partial charge in [0, 0.05) is 35.2 Å². The van der Waals surface area contributed by atoms with Crippen molar-refractivity contribution < 1.29 is 13.9 Å². The molecule has 1 aromatic heterocycles. The number of piperidine rings is 1. The number of H-pyrrole nitrogens is 1. The molecule has 1 aliphatic heterocycles. The summed E-state index contributed by atoms with van der Waals surface area (Å²) in [4.78, 5) is 18.8. The van der Waals surface area contributed by atoms with Crippen molar-refractivity contribution in [1.82, 2.24) is 9.88 Å². The molecular formula is C25H29FN2O2. The first-order valence-electron chi connectivity index (χ1n) is 10.6. The van der Waals surface area contributed by atoms with Crippen LogP contribution < -0.4 is 4.74 Å². The number of hydrogen-bond acceptors (Lipinski definition) is 2. The van der Waals surface area contributed by atoms with E-state index in [0.29, 0.717) is 29.7 Å². The summed E-state index contributed by atoms with van der Waals surface area (Å²) in [7, 11) is 1.61. The highest BCUT2D eigenvalue weighted by atomic mass is 19.1. The number of carbonyl (C=O) groups excluding carboxylic acids is 1. The van der Waals surface area contributed by atoms with Crippen LogP contribution in [0.3, 0.4) is 0 Å². The Hall–Kier alpha value is -2.82. The van der Waals surface area contributed by atoms with Gasteiger partial charge in [-0.3, -0.25) is 4.79 Å². The number of hydrogen-bond donors (Lipinski definition) is 1. The second-order valence-electron chi connectivity index (χ2n) is 8.70. The monoisotopic (exact) mass is 408 g/mol. The Morgan fingerprint density at radius 3 is 2.63 bits per heavy atom. The number of rotatable bonds is 4. The molecule has 4 nitrogen and oxygen atoms in total. The molecule has 1 aliphatic rings. The fourth-order valence-corrected chi connectivity index (χ4v) is 4.72. The molecule has 0 saturated carbocycles. The Bertz CT molecular complexity index is 1060. The van der Waals surface area contributed by atoms with E-state index in [-0.39, 0.29) is 17.8 Å². The van der Waals surface area contributed by atoms with Crippen LogP contribution in [0.5, 0.6) is 5.75 Å². The SMILES string of the molecule is COc1cc2[nH]c(C)cc2cc1C(=O)N1C[C@H](C)C(Cc2ccc(F)cc2)C[C@H]1C. The van der Waals surface area contributed by atoms with E-state index in [2.05, 4.69) is 18.8 Å². The van der Waals surface area contributed by atoms with Crippen molar-refractivity contribution in [3.63, 3.8) is 0 Å². The third-order valence-electron chi connectivity index (χ3n) is 6.44. The number of ether oxygens (including phenoxy) is 1. The lowest BCUT2D eigenvalue weighted by Gasteiger charge is -2.42. The first kappa shape index (κ1) is 20.5. The minimum absolute atomic E-state index is 0.0205. The summed E-state index contributed by atoms with van der Waals surface area (Å²) < 4.78 is 18.8. The highest BCUT2D eigenvalue weighted by Crippen LogP contribution is 2.34. The third-order valence-corrected chi connectivity index (χ3v) is 6.44. The fourth-order valence-electron chi connectivity index (χ4n) is 4.72. The number of methoxy groups -OCH3 is 1. The van der Waals surface area contributed by atoms with Gasteiger partial charge in [-0.25, -0.2) is 4.39 Å². The molecule has 3 aromatic rings. The topological polar surface area (TPSA) is 45.3 Å². The number of fused-ring (bicyclic) bond motifs is 1. The van der Waals surface area contributed by atoms with Crippen LogP contribution in [0, 0.1) is 24.6 Å². The highest BCUT2D eigenvalue weighted by Gasteiger charge is 2.35. The minimum atomic E-state index is -0.205. The Morgan fingerprint density at radius 1 is 1.20 bits per heavy atom. The largest absolute Gasteiger partial charge is 0.496 e. The second-order valence-corrected chi connectivity index (χ2v) is 8.70. The Labute approximate surface area is 177 Å². The zero-order valence-electron chi connectivity index (χ0n) is 18.0. The van der Waals surface area contributed by atoms with Gasteiger partial charge in [-0.05, 0) is 68.4 Å². The van der Waals surface area contributed by atoms with Gasteiger partial charge >= 0.3 is 0 Å². The Balaban J connectivity index is 1.54. The summed E-state index contributed by atoms with van der Waals surface area (Å²) in [5.74, 6) is 1.24. The number of aromatic amines is 1. The zero-order chi connectivity index (χ0) is 21.4. The quantitative estimate of drug-likeness (QED) is 0.632. The second kappa shape index (κ2) is 8.13. The zero-order valence-corrected chi connectivity index (χ0v) is 18.0. The summed E-state index contributed by atoms with van der Waals surface area (Å²) in [6, 6.07) is 12.8. The average molecular weight is 409 g/mol. The van der Waals surface area contributed by atoms with E-state index >= 15 is 0 Å². The predicted octanol–water partition coefficient (Wildman–Crippen LogP) is 5.35. The molecule has 1 amide bonds. The van der Waals surface area contributed by atoms with E-state index in [4.69, 9.17) is 4.74 Å². The van der Waals surface area contributed by atoms with E-state index in [1.165, 1.54) is 12.1 Å². The summed E-state index contributed by atoms with van der Waals surface area (Å²) in [5.41, 5.74) is 3.79. The van der Waals surface area contributed by atoms with Crippen LogP contribution in [0.2, 0.25) is 0 Å². The lowest BCUT2D eigenvalue weighted by Crippen LogP contribution is -2.48. The van der Waals surface area contributed by atoms with E-state index in [1.54, 1.807) is 7.11 Å². The average Bonchev–Trinajstić information content (AvgIpc) is 3.09.